The molecule has 10 heteroatoms. The molecule has 1 aliphatic rings. The van der Waals surface area contributed by atoms with Gasteiger partial charge in [-0.05, 0) is 23.8 Å². The number of thiazole rings is 1. The first kappa shape index (κ1) is 22.2. The van der Waals surface area contributed by atoms with E-state index >= 15 is 0 Å². The number of hydrogen-bond acceptors (Lipinski definition) is 8. The average molecular weight is 487 g/mol. The fourth-order valence-electron chi connectivity index (χ4n) is 3.73. The standard InChI is InChI=1S/C25H18N4O5S/c1-33-19-11-12-20(34-2)22-21(19)27-25(35-22)28-23(16-8-4-3-5-9-16)26-18(24(28)30)14-15-7-6-10-17(13-15)29(31)32/h3-14H,1-2H3. The number of anilines is 1. The van der Waals surface area contributed by atoms with Gasteiger partial charge in [-0.1, -0.05) is 53.8 Å². The Bertz CT molecular complexity index is 1490. The van der Waals surface area contributed by atoms with Gasteiger partial charge in [-0.2, -0.15) is 0 Å². The van der Waals surface area contributed by atoms with Gasteiger partial charge in [0.05, 0.1) is 19.1 Å². The highest BCUT2D eigenvalue weighted by Crippen LogP contribution is 2.41. The van der Waals surface area contributed by atoms with Gasteiger partial charge in [-0.15, -0.1) is 0 Å². The third kappa shape index (κ3) is 4.00. The number of carbonyl (C=O) groups excluding carboxylic acids is 1. The minimum atomic E-state index is -0.481. The maximum atomic E-state index is 13.6. The summed E-state index contributed by atoms with van der Waals surface area (Å²) >= 11 is 1.28. The number of fused-ring (bicyclic) bond motifs is 1. The SMILES string of the molecule is COc1ccc(OC)c2sc(N3C(=O)C(=Cc4cccc([N+](=O)[O-])c4)N=C3c3ccccc3)nc12. The molecule has 2 heterocycles. The summed E-state index contributed by atoms with van der Waals surface area (Å²) in [7, 11) is 3.12. The molecule has 0 unspecified atom stereocenters. The Morgan fingerprint density at radius 1 is 1.00 bits per heavy atom. The number of non-ortho nitro benzene ring substituents is 1. The topological polar surface area (TPSA) is 107 Å². The molecule has 5 rings (SSSR count). The Balaban J connectivity index is 1.66. The second-order valence-corrected chi connectivity index (χ2v) is 8.45. The molecule has 0 saturated carbocycles. The molecule has 1 amide bonds. The number of aromatic nitrogens is 1. The maximum Gasteiger partial charge on any atom is 0.284 e. The van der Waals surface area contributed by atoms with Gasteiger partial charge in [0.25, 0.3) is 11.6 Å². The number of methoxy groups -OCH3 is 2. The second-order valence-electron chi connectivity index (χ2n) is 7.47. The number of amidine groups is 1. The van der Waals surface area contributed by atoms with Crippen LogP contribution in [0.4, 0.5) is 10.8 Å². The lowest BCUT2D eigenvalue weighted by Crippen LogP contribution is -2.32. The third-order valence-corrected chi connectivity index (χ3v) is 6.42. The molecule has 0 bridgehead atoms. The Morgan fingerprint density at radius 3 is 2.46 bits per heavy atom. The van der Waals surface area contributed by atoms with Crippen LogP contribution in [0.1, 0.15) is 11.1 Å². The van der Waals surface area contributed by atoms with Crippen molar-refractivity contribution in [1.29, 1.82) is 0 Å². The lowest BCUT2D eigenvalue weighted by Gasteiger charge is -2.14. The molecular formula is C25H18N4O5S. The summed E-state index contributed by atoms with van der Waals surface area (Å²) in [4.78, 5) is 35.1. The molecule has 0 radical (unpaired) electrons. The molecule has 0 atom stereocenters. The number of rotatable bonds is 6. The Labute approximate surface area is 203 Å². The molecular weight excluding hydrogens is 468 g/mol. The second kappa shape index (κ2) is 8.99. The van der Waals surface area contributed by atoms with Crippen LogP contribution in [-0.4, -0.2) is 35.9 Å². The molecule has 9 nitrogen and oxygen atoms in total. The number of hydrogen-bond donors (Lipinski definition) is 0. The van der Waals surface area contributed by atoms with Crippen LogP contribution >= 0.6 is 11.3 Å². The first-order valence-electron chi connectivity index (χ1n) is 10.5. The van der Waals surface area contributed by atoms with E-state index in [0.717, 1.165) is 10.3 Å². The first-order valence-corrected chi connectivity index (χ1v) is 11.3. The highest BCUT2D eigenvalue weighted by molar-refractivity contribution is 7.23. The van der Waals surface area contributed by atoms with Crippen molar-refractivity contribution in [3.8, 4) is 11.5 Å². The molecule has 3 aromatic carbocycles. The van der Waals surface area contributed by atoms with Gasteiger partial charge in [0.15, 0.2) is 5.13 Å². The highest BCUT2D eigenvalue weighted by Gasteiger charge is 2.35. The summed E-state index contributed by atoms with van der Waals surface area (Å²) < 4.78 is 11.7. The van der Waals surface area contributed by atoms with Crippen LogP contribution in [0.5, 0.6) is 11.5 Å². The number of aliphatic imine (C=N–C) groups is 1. The monoisotopic (exact) mass is 486 g/mol. The van der Waals surface area contributed by atoms with Gasteiger partial charge in [-0.3, -0.25) is 14.9 Å². The number of ether oxygens (including phenoxy) is 2. The van der Waals surface area contributed by atoms with Gasteiger partial charge < -0.3 is 9.47 Å². The molecule has 174 valence electrons. The van der Waals surface area contributed by atoms with Gasteiger partial charge in [0.2, 0.25) is 0 Å². The van der Waals surface area contributed by atoms with E-state index in [1.807, 2.05) is 30.3 Å². The normalized spacial score (nSPS) is 14.5. The lowest BCUT2D eigenvalue weighted by atomic mass is 10.1. The predicted octanol–water partition coefficient (Wildman–Crippen LogP) is 5.06. The molecule has 0 spiro atoms. The van der Waals surface area contributed by atoms with Gasteiger partial charge >= 0.3 is 0 Å². The summed E-state index contributed by atoms with van der Waals surface area (Å²) in [5, 5.41) is 11.6. The quantitative estimate of drug-likeness (QED) is 0.214. The number of carbonyl (C=O) groups is 1. The van der Waals surface area contributed by atoms with Crippen LogP contribution in [0.25, 0.3) is 16.3 Å². The van der Waals surface area contributed by atoms with Crippen LogP contribution in [0.2, 0.25) is 0 Å². The van der Waals surface area contributed by atoms with E-state index < -0.39 is 10.8 Å². The zero-order valence-electron chi connectivity index (χ0n) is 18.7. The number of nitrogens with zero attached hydrogens (tertiary/aromatic N) is 4. The number of nitro groups is 1. The molecule has 0 aliphatic carbocycles. The van der Waals surface area contributed by atoms with Crippen molar-refractivity contribution >= 4 is 50.2 Å². The minimum absolute atomic E-state index is 0.0701. The van der Waals surface area contributed by atoms with E-state index in [4.69, 9.17) is 14.5 Å². The molecule has 0 saturated heterocycles. The predicted molar refractivity (Wildman–Crippen MR) is 134 cm³/mol. The maximum absolute atomic E-state index is 13.6. The van der Waals surface area contributed by atoms with Crippen molar-refractivity contribution < 1.29 is 19.2 Å². The van der Waals surface area contributed by atoms with Crippen LogP contribution in [-0.2, 0) is 4.79 Å². The molecule has 4 aromatic rings. The van der Waals surface area contributed by atoms with E-state index in [1.165, 1.54) is 34.4 Å². The van der Waals surface area contributed by atoms with Crippen molar-refractivity contribution in [3.63, 3.8) is 0 Å². The Kier molecular flexibility index (Phi) is 5.71. The molecule has 35 heavy (non-hydrogen) atoms. The largest absolute Gasteiger partial charge is 0.495 e. The average Bonchev–Trinajstić information content (AvgIpc) is 3.45. The van der Waals surface area contributed by atoms with Gasteiger partial charge in [-0.25, -0.2) is 14.9 Å². The molecule has 1 aromatic heterocycles. The van der Waals surface area contributed by atoms with Crippen LogP contribution in [0.3, 0.4) is 0 Å². The third-order valence-electron chi connectivity index (χ3n) is 5.37. The summed E-state index contributed by atoms with van der Waals surface area (Å²) in [5.74, 6) is 1.18. The van der Waals surface area contributed by atoms with Crippen molar-refractivity contribution in [1.82, 2.24) is 4.98 Å². The summed E-state index contributed by atoms with van der Waals surface area (Å²) in [6.07, 6.45) is 1.53. The van der Waals surface area contributed by atoms with E-state index in [2.05, 4.69) is 4.99 Å². The number of benzene rings is 3. The van der Waals surface area contributed by atoms with E-state index in [9.17, 15) is 14.9 Å². The molecule has 1 aliphatic heterocycles. The van der Waals surface area contributed by atoms with E-state index in [0.29, 0.717) is 33.5 Å². The fraction of sp³-hybridized carbons (Fsp3) is 0.0800. The Hall–Kier alpha value is -4.57. The fourth-order valence-corrected chi connectivity index (χ4v) is 4.81. The van der Waals surface area contributed by atoms with E-state index in [-0.39, 0.29) is 11.4 Å². The lowest BCUT2D eigenvalue weighted by molar-refractivity contribution is -0.384. The van der Waals surface area contributed by atoms with Crippen molar-refractivity contribution in [2.45, 2.75) is 0 Å². The Morgan fingerprint density at radius 2 is 1.74 bits per heavy atom. The van der Waals surface area contributed by atoms with Crippen molar-refractivity contribution in [3.05, 3.63) is 93.7 Å². The number of nitro benzene ring substituents is 1. The summed E-state index contributed by atoms with van der Waals surface area (Å²) in [5.41, 5.74) is 1.86. The van der Waals surface area contributed by atoms with Gasteiger partial charge in [0, 0.05) is 17.7 Å². The highest BCUT2D eigenvalue weighted by atomic mass is 32.1. The van der Waals surface area contributed by atoms with Gasteiger partial charge in [0.1, 0.15) is 33.2 Å². The zero-order chi connectivity index (χ0) is 24.5. The summed E-state index contributed by atoms with van der Waals surface area (Å²) in [6, 6.07) is 18.9. The number of amides is 1. The zero-order valence-corrected chi connectivity index (χ0v) is 19.5. The van der Waals surface area contributed by atoms with Crippen LogP contribution in [0.15, 0.2) is 77.4 Å². The van der Waals surface area contributed by atoms with Crippen LogP contribution in [0, 0.1) is 10.1 Å². The smallest absolute Gasteiger partial charge is 0.284 e. The van der Waals surface area contributed by atoms with Crippen molar-refractivity contribution in [2.75, 3.05) is 19.1 Å². The van der Waals surface area contributed by atoms with Crippen molar-refractivity contribution in [2.24, 2.45) is 4.99 Å². The van der Waals surface area contributed by atoms with E-state index in [1.54, 1.807) is 38.5 Å². The first-order chi connectivity index (χ1) is 17.0. The molecule has 0 N–H and O–H groups in total. The summed E-state index contributed by atoms with van der Waals surface area (Å²) in [6.45, 7) is 0. The van der Waals surface area contributed by atoms with Crippen LogP contribution < -0.4 is 14.4 Å². The minimum Gasteiger partial charge on any atom is -0.495 e. The molecule has 0 fully saturated rings.